The smallest absolute Gasteiger partial charge is 0.260 e. The first-order chi connectivity index (χ1) is 11.6. The first-order valence-electron chi connectivity index (χ1n) is 7.95. The summed E-state index contributed by atoms with van der Waals surface area (Å²) in [6.07, 6.45) is 2.97. The second-order valence-corrected chi connectivity index (χ2v) is 7.43. The molecular formula is C16H22N4O3S. The largest absolute Gasteiger partial charge is 0.496 e. The Bertz CT molecular complexity index is 803. The van der Waals surface area contributed by atoms with Gasteiger partial charge in [0.25, 0.3) is 10.0 Å². The van der Waals surface area contributed by atoms with E-state index in [9.17, 15) is 8.42 Å². The second kappa shape index (κ2) is 6.92. The molecule has 3 rings (SSSR count). The number of piperazine rings is 1. The fourth-order valence-corrected chi connectivity index (χ4v) is 4.82. The minimum absolute atomic E-state index is 0.229. The highest BCUT2D eigenvalue weighted by atomic mass is 32.2. The van der Waals surface area contributed by atoms with E-state index in [2.05, 4.69) is 10.3 Å². The van der Waals surface area contributed by atoms with Crippen molar-refractivity contribution in [2.24, 2.45) is 0 Å². The molecule has 0 spiro atoms. The Morgan fingerprint density at radius 3 is 2.92 bits per heavy atom. The number of benzene rings is 1. The SMILES string of the molecule is CCn1cncc1S(=O)(=O)N1CCNCC1c1ccccc1OC. The lowest BCUT2D eigenvalue weighted by molar-refractivity contribution is 0.263. The van der Waals surface area contributed by atoms with Gasteiger partial charge in [0.2, 0.25) is 0 Å². The van der Waals surface area contributed by atoms with Crippen LogP contribution < -0.4 is 10.1 Å². The van der Waals surface area contributed by atoms with Crippen molar-refractivity contribution in [1.82, 2.24) is 19.2 Å². The lowest BCUT2D eigenvalue weighted by Gasteiger charge is -2.35. The maximum atomic E-state index is 13.2. The van der Waals surface area contributed by atoms with E-state index in [0.29, 0.717) is 31.9 Å². The van der Waals surface area contributed by atoms with Crippen LogP contribution in [0.2, 0.25) is 0 Å². The van der Waals surface area contributed by atoms with Crippen LogP contribution in [0.5, 0.6) is 5.75 Å². The molecule has 1 unspecified atom stereocenters. The highest BCUT2D eigenvalue weighted by molar-refractivity contribution is 7.89. The highest BCUT2D eigenvalue weighted by Gasteiger charge is 2.37. The maximum absolute atomic E-state index is 13.2. The van der Waals surface area contributed by atoms with E-state index in [-0.39, 0.29) is 11.1 Å². The molecule has 1 aromatic heterocycles. The molecule has 7 nitrogen and oxygen atoms in total. The first kappa shape index (κ1) is 16.9. The van der Waals surface area contributed by atoms with Crippen molar-refractivity contribution >= 4 is 10.0 Å². The van der Waals surface area contributed by atoms with Crippen LogP contribution in [0.4, 0.5) is 0 Å². The monoisotopic (exact) mass is 350 g/mol. The molecule has 1 fully saturated rings. The first-order valence-corrected chi connectivity index (χ1v) is 9.39. The zero-order valence-corrected chi connectivity index (χ0v) is 14.7. The van der Waals surface area contributed by atoms with Gasteiger partial charge >= 0.3 is 0 Å². The Morgan fingerprint density at radius 2 is 2.17 bits per heavy atom. The van der Waals surface area contributed by atoms with Crippen LogP contribution in [-0.4, -0.2) is 49.0 Å². The van der Waals surface area contributed by atoms with Crippen molar-refractivity contribution in [2.45, 2.75) is 24.5 Å². The van der Waals surface area contributed by atoms with Crippen molar-refractivity contribution in [3.63, 3.8) is 0 Å². The third kappa shape index (κ3) is 2.92. The fraction of sp³-hybridized carbons (Fsp3) is 0.438. The summed E-state index contributed by atoms with van der Waals surface area (Å²) in [6, 6.07) is 7.22. The molecule has 0 amide bonds. The van der Waals surface area contributed by atoms with Crippen molar-refractivity contribution in [3.05, 3.63) is 42.4 Å². The maximum Gasteiger partial charge on any atom is 0.260 e. The van der Waals surface area contributed by atoms with Gasteiger partial charge in [-0.2, -0.15) is 4.31 Å². The number of sulfonamides is 1. The van der Waals surface area contributed by atoms with Gasteiger partial charge in [0.05, 0.1) is 25.7 Å². The zero-order chi connectivity index (χ0) is 17.2. The molecule has 1 aromatic carbocycles. The number of hydrogen-bond acceptors (Lipinski definition) is 5. The number of aryl methyl sites for hydroxylation is 1. The van der Waals surface area contributed by atoms with E-state index in [1.54, 1.807) is 22.3 Å². The molecule has 2 heterocycles. The molecule has 1 aliphatic rings. The summed E-state index contributed by atoms with van der Waals surface area (Å²) in [6.45, 7) is 4.01. The fourth-order valence-electron chi connectivity index (χ4n) is 3.06. The number of aromatic nitrogens is 2. The van der Waals surface area contributed by atoms with Crippen LogP contribution in [0.15, 0.2) is 41.8 Å². The molecule has 1 saturated heterocycles. The van der Waals surface area contributed by atoms with Crippen LogP contribution in [0, 0.1) is 0 Å². The predicted octanol–water partition coefficient (Wildman–Crippen LogP) is 1.25. The number of hydrogen-bond donors (Lipinski definition) is 1. The Labute approximate surface area is 142 Å². The average Bonchev–Trinajstić information content (AvgIpc) is 3.11. The molecule has 8 heteroatoms. The molecule has 130 valence electrons. The summed E-state index contributed by atoms with van der Waals surface area (Å²) < 4.78 is 35.0. The van der Waals surface area contributed by atoms with Gasteiger partial charge in [0, 0.05) is 31.7 Å². The molecule has 0 radical (unpaired) electrons. The molecular weight excluding hydrogens is 328 g/mol. The number of ether oxygens (including phenoxy) is 1. The number of rotatable bonds is 5. The van der Waals surface area contributed by atoms with Gasteiger partial charge < -0.3 is 14.6 Å². The third-order valence-corrected chi connectivity index (χ3v) is 6.20. The van der Waals surface area contributed by atoms with Gasteiger partial charge in [-0.25, -0.2) is 13.4 Å². The summed E-state index contributed by atoms with van der Waals surface area (Å²) in [4.78, 5) is 4.00. The number of para-hydroxylation sites is 1. The predicted molar refractivity (Wildman–Crippen MR) is 90.4 cm³/mol. The Balaban J connectivity index is 2.04. The summed E-state index contributed by atoms with van der Waals surface area (Å²) in [5, 5.41) is 3.51. The number of methoxy groups -OCH3 is 1. The zero-order valence-electron chi connectivity index (χ0n) is 13.8. The van der Waals surface area contributed by atoms with Crippen LogP contribution in [-0.2, 0) is 16.6 Å². The van der Waals surface area contributed by atoms with E-state index in [0.717, 1.165) is 5.56 Å². The van der Waals surface area contributed by atoms with Crippen molar-refractivity contribution in [1.29, 1.82) is 0 Å². The quantitative estimate of drug-likeness (QED) is 0.878. The topological polar surface area (TPSA) is 76.5 Å². The molecule has 1 N–H and O–H groups in total. The minimum atomic E-state index is -3.65. The van der Waals surface area contributed by atoms with E-state index in [1.807, 2.05) is 31.2 Å². The minimum Gasteiger partial charge on any atom is -0.496 e. The lowest BCUT2D eigenvalue weighted by Crippen LogP contribution is -2.49. The molecule has 24 heavy (non-hydrogen) atoms. The van der Waals surface area contributed by atoms with Gasteiger partial charge in [0.15, 0.2) is 5.03 Å². The molecule has 0 aliphatic carbocycles. The molecule has 1 atom stereocenters. The average molecular weight is 350 g/mol. The summed E-state index contributed by atoms with van der Waals surface area (Å²) in [5.41, 5.74) is 0.860. The normalized spacial score (nSPS) is 19.3. The van der Waals surface area contributed by atoms with Crippen molar-refractivity contribution in [3.8, 4) is 5.75 Å². The Hall–Kier alpha value is -1.90. The van der Waals surface area contributed by atoms with Crippen LogP contribution in [0.1, 0.15) is 18.5 Å². The van der Waals surface area contributed by atoms with Crippen molar-refractivity contribution < 1.29 is 13.2 Å². The second-order valence-electron chi connectivity index (χ2n) is 5.60. The van der Waals surface area contributed by atoms with E-state index in [4.69, 9.17) is 4.74 Å². The Morgan fingerprint density at radius 1 is 1.38 bits per heavy atom. The van der Waals surface area contributed by atoms with Gasteiger partial charge in [-0.05, 0) is 13.0 Å². The van der Waals surface area contributed by atoms with Crippen molar-refractivity contribution in [2.75, 3.05) is 26.7 Å². The van der Waals surface area contributed by atoms with E-state index >= 15 is 0 Å². The standard InChI is InChI=1S/C16H22N4O3S/c1-3-19-12-18-11-16(19)24(21,22)20-9-8-17-10-14(20)13-6-4-5-7-15(13)23-2/h4-7,11-12,14,17H,3,8-10H2,1-2H3. The molecule has 1 aliphatic heterocycles. The number of nitrogens with zero attached hydrogens (tertiary/aromatic N) is 3. The summed E-state index contributed by atoms with van der Waals surface area (Å²) in [7, 11) is -2.05. The lowest BCUT2D eigenvalue weighted by atomic mass is 10.0. The number of imidazole rings is 1. The van der Waals surface area contributed by atoms with Gasteiger partial charge in [-0.15, -0.1) is 0 Å². The van der Waals surface area contributed by atoms with Gasteiger partial charge in [0.1, 0.15) is 5.75 Å². The molecule has 2 aromatic rings. The van der Waals surface area contributed by atoms with Gasteiger partial charge in [-0.1, -0.05) is 18.2 Å². The molecule has 0 bridgehead atoms. The van der Waals surface area contributed by atoms with E-state index in [1.165, 1.54) is 6.20 Å². The molecule has 0 saturated carbocycles. The summed E-state index contributed by atoms with van der Waals surface area (Å²) in [5.74, 6) is 0.690. The number of nitrogens with one attached hydrogen (secondary N) is 1. The van der Waals surface area contributed by atoms with Gasteiger partial charge in [-0.3, -0.25) is 0 Å². The third-order valence-electron chi connectivity index (χ3n) is 4.28. The van der Waals surface area contributed by atoms with Crippen LogP contribution in [0.3, 0.4) is 0 Å². The highest BCUT2D eigenvalue weighted by Crippen LogP contribution is 2.33. The summed E-state index contributed by atoms with van der Waals surface area (Å²) >= 11 is 0. The Kier molecular flexibility index (Phi) is 4.88. The van der Waals surface area contributed by atoms with Crippen LogP contribution in [0.25, 0.3) is 0 Å². The van der Waals surface area contributed by atoms with E-state index < -0.39 is 10.0 Å². The van der Waals surface area contributed by atoms with Crippen LogP contribution >= 0.6 is 0 Å².